The summed E-state index contributed by atoms with van der Waals surface area (Å²) < 4.78 is 0. The maximum Gasteiger partial charge on any atom is 0.246 e. The molecule has 0 aromatic heterocycles. The Morgan fingerprint density at radius 3 is 2.73 bits per heavy atom. The molecule has 0 spiro atoms. The van der Waals surface area contributed by atoms with Gasteiger partial charge >= 0.3 is 0 Å². The molecule has 5 nitrogen and oxygen atoms in total. The van der Waals surface area contributed by atoms with E-state index in [1.807, 2.05) is 29.2 Å². The summed E-state index contributed by atoms with van der Waals surface area (Å²) in [6.07, 6.45) is 0.919. The van der Waals surface area contributed by atoms with Crippen molar-refractivity contribution in [3.8, 4) is 0 Å². The van der Waals surface area contributed by atoms with E-state index < -0.39 is 0 Å². The fourth-order valence-corrected chi connectivity index (χ4v) is 3.08. The monoisotopic (exact) mass is 464 g/mol. The number of nitrogens with one attached hydrogen (secondary N) is 2. The van der Waals surface area contributed by atoms with Crippen LogP contribution in [0.25, 0.3) is 0 Å². The van der Waals surface area contributed by atoms with Crippen LogP contribution in [0, 0.1) is 6.92 Å². The molecule has 0 radical (unpaired) electrons. The summed E-state index contributed by atoms with van der Waals surface area (Å²) in [5.74, 6) is 0.686. The van der Waals surface area contributed by atoms with Crippen LogP contribution < -0.4 is 15.5 Å². The Kier molecular flexibility index (Phi) is 7.44. The molecule has 2 aromatic carbocycles. The van der Waals surface area contributed by atoms with Crippen LogP contribution in [0.3, 0.4) is 0 Å². The number of fused-ring (bicyclic) bond motifs is 1. The molecule has 0 saturated carbocycles. The first-order chi connectivity index (χ1) is 12.2. The number of rotatable bonds is 4. The van der Waals surface area contributed by atoms with Crippen LogP contribution in [0.4, 0.5) is 5.69 Å². The summed E-state index contributed by atoms with van der Waals surface area (Å²) >= 11 is 0. The third kappa shape index (κ3) is 4.97. The van der Waals surface area contributed by atoms with E-state index in [9.17, 15) is 4.79 Å². The SMILES string of the molecule is CN=C(NCC(=O)N1CCc2ccccc21)NCc1cccc(C)c1.I. The zero-order valence-electron chi connectivity index (χ0n) is 15.2. The van der Waals surface area contributed by atoms with Crippen LogP contribution in [0.2, 0.25) is 0 Å². The Hall–Kier alpha value is -2.09. The number of hydrogen-bond donors (Lipinski definition) is 2. The summed E-state index contributed by atoms with van der Waals surface area (Å²) in [6.45, 7) is 3.71. The van der Waals surface area contributed by atoms with Crippen LogP contribution in [-0.2, 0) is 17.8 Å². The third-order valence-electron chi connectivity index (χ3n) is 4.36. The van der Waals surface area contributed by atoms with Crippen molar-refractivity contribution in [1.29, 1.82) is 0 Å². The predicted molar refractivity (Wildman–Crippen MR) is 117 cm³/mol. The molecule has 0 aliphatic carbocycles. The average Bonchev–Trinajstić information content (AvgIpc) is 3.06. The lowest BCUT2D eigenvalue weighted by Crippen LogP contribution is -2.44. The van der Waals surface area contributed by atoms with Crippen molar-refractivity contribution >= 4 is 41.5 Å². The molecule has 0 bridgehead atoms. The minimum absolute atomic E-state index is 0. The van der Waals surface area contributed by atoms with E-state index in [0.717, 1.165) is 18.7 Å². The molecule has 0 fully saturated rings. The number of nitrogens with zero attached hydrogens (tertiary/aromatic N) is 2. The molecule has 6 heteroatoms. The topological polar surface area (TPSA) is 56.7 Å². The molecule has 1 amide bonds. The average molecular weight is 464 g/mol. The molecule has 1 aliphatic rings. The minimum atomic E-state index is 0. The van der Waals surface area contributed by atoms with Gasteiger partial charge in [0, 0.05) is 25.8 Å². The van der Waals surface area contributed by atoms with Crippen molar-refractivity contribution in [2.75, 3.05) is 25.0 Å². The molecule has 0 unspecified atom stereocenters. The number of anilines is 1. The van der Waals surface area contributed by atoms with Crippen LogP contribution in [0.15, 0.2) is 53.5 Å². The summed E-state index contributed by atoms with van der Waals surface area (Å²) in [5, 5.41) is 6.36. The molecule has 2 N–H and O–H groups in total. The van der Waals surface area contributed by atoms with Gasteiger partial charge in [0.1, 0.15) is 0 Å². The first-order valence-corrected chi connectivity index (χ1v) is 8.55. The molecular weight excluding hydrogens is 439 g/mol. The van der Waals surface area contributed by atoms with E-state index in [-0.39, 0.29) is 36.4 Å². The second-order valence-electron chi connectivity index (χ2n) is 6.19. The molecule has 0 saturated heterocycles. The number of benzene rings is 2. The van der Waals surface area contributed by atoms with Crippen molar-refractivity contribution in [3.05, 3.63) is 65.2 Å². The molecule has 1 heterocycles. The second kappa shape index (κ2) is 9.56. The van der Waals surface area contributed by atoms with Crippen molar-refractivity contribution in [3.63, 3.8) is 0 Å². The Morgan fingerprint density at radius 2 is 1.96 bits per heavy atom. The highest BCUT2D eigenvalue weighted by molar-refractivity contribution is 14.0. The van der Waals surface area contributed by atoms with Crippen LogP contribution >= 0.6 is 24.0 Å². The zero-order valence-corrected chi connectivity index (χ0v) is 17.5. The summed E-state index contributed by atoms with van der Waals surface area (Å²) in [5.41, 5.74) is 4.67. The molecule has 2 aromatic rings. The van der Waals surface area contributed by atoms with Gasteiger partial charge in [0.05, 0.1) is 6.54 Å². The second-order valence-corrected chi connectivity index (χ2v) is 6.19. The number of carbonyl (C=O) groups is 1. The Morgan fingerprint density at radius 1 is 1.15 bits per heavy atom. The minimum Gasteiger partial charge on any atom is -0.352 e. The summed E-state index contributed by atoms with van der Waals surface area (Å²) in [6, 6.07) is 16.4. The van der Waals surface area contributed by atoms with Gasteiger partial charge in [-0.15, -0.1) is 24.0 Å². The van der Waals surface area contributed by atoms with Gasteiger partial charge in [-0.25, -0.2) is 0 Å². The number of carbonyl (C=O) groups excluding carboxylic acids is 1. The third-order valence-corrected chi connectivity index (χ3v) is 4.36. The Balaban J connectivity index is 0.00000243. The lowest BCUT2D eigenvalue weighted by molar-refractivity contribution is -0.117. The van der Waals surface area contributed by atoms with E-state index in [4.69, 9.17) is 0 Å². The van der Waals surface area contributed by atoms with E-state index in [1.54, 1.807) is 7.05 Å². The lowest BCUT2D eigenvalue weighted by Gasteiger charge is -2.19. The van der Waals surface area contributed by atoms with Crippen molar-refractivity contribution in [2.45, 2.75) is 19.9 Å². The van der Waals surface area contributed by atoms with Gasteiger partial charge in [0.25, 0.3) is 0 Å². The summed E-state index contributed by atoms with van der Waals surface area (Å²) in [7, 11) is 1.71. The van der Waals surface area contributed by atoms with Crippen molar-refractivity contribution in [1.82, 2.24) is 10.6 Å². The predicted octanol–water partition coefficient (Wildman–Crippen LogP) is 2.87. The highest BCUT2D eigenvalue weighted by Gasteiger charge is 2.23. The number of hydrogen-bond acceptors (Lipinski definition) is 2. The number of para-hydroxylation sites is 1. The molecule has 26 heavy (non-hydrogen) atoms. The van der Waals surface area contributed by atoms with Gasteiger partial charge in [-0.1, -0.05) is 48.0 Å². The molecule has 0 atom stereocenters. The van der Waals surface area contributed by atoms with Crippen molar-refractivity contribution in [2.24, 2.45) is 4.99 Å². The Bertz CT molecular complexity index is 791. The zero-order chi connectivity index (χ0) is 17.6. The maximum absolute atomic E-state index is 12.5. The standard InChI is InChI=1S/C20H24N4O.HI/c1-15-6-5-7-16(12-15)13-22-20(21-2)23-14-19(25)24-11-10-17-8-3-4-9-18(17)24;/h3-9,12H,10-11,13-14H2,1-2H3,(H2,21,22,23);1H. The molecule has 1 aliphatic heterocycles. The molecule has 3 rings (SSSR count). The van der Waals surface area contributed by atoms with Gasteiger partial charge < -0.3 is 15.5 Å². The van der Waals surface area contributed by atoms with Crippen LogP contribution in [0.1, 0.15) is 16.7 Å². The fraction of sp³-hybridized carbons (Fsp3) is 0.300. The lowest BCUT2D eigenvalue weighted by atomic mass is 10.1. The summed E-state index contributed by atoms with van der Waals surface area (Å²) in [4.78, 5) is 18.6. The first kappa shape index (κ1) is 20.2. The number of guanidine groups is 1. The highest BCUT2D eigenvalue weighted by Crippen LogP contribution is 2.27. The molecular formula is C20H25IN4O. The van der Waals surface area contributed by atoms with Gasteiger partial charge in [-0.05, 0) is 30.5 Å². The van der Waals surface area contributed by atoms with Crippen LogP contribution in [-0.4, -0.2) is 32.0 Å². The maximum atomic E-state index is 12.5. The number of aliphatic imine (C=N–C) groups is 1. The van der Waals surface area contributed by atoms with Gasteiger partial charge in [0.15, 0.2) is 5.96 Å². The molecule has 138 valence electrons. The van der Waals surface area contributed by atoms with E-state index in [2.05, 4.69) is 46.8 Å². The van der Waals surface area contributed by atoms with Gasteiger partial charge in [-0.2, -0.15) is 0 Å². The van der Waals surface area contributed by atoms with Crippen LogP contribution in [0.5, 0.6) is 0 Å². The fourth-order valence-electron chi connectivity index (χ4n) is 3.08. The van der Waals surface area contributed by atoms with E-state index >= 15 is 0 Å². The number of aryl methyl sites for hydroxylation is 1. The van der Waals surface area contributed by atoms with E-state index in [1.165, 1.54) is 16.7 Å². The highest BCUT2D eigenvalue weighted by atomic mass is 127. The largest absolute Gasteiger partial charge is 0.352 e. The first-order valence-electron chi connectivity index (χ1n) is 8.55. The van der Waals surface area contributed by atoms with Gasteiger partial charge in [-0.3, -0.25) is 9.79 Å². The number of amides is 1. The number of halogens is 1. The van der Waals surface area contributed by atoms with E-state index in [0.29, 0.717) is 12.5 Å². The normalized spacial score (nSPS) is 13.0. The quantitative estimate of drug-likeness (QED) is 0.416. The smallest absolute Gasteiger partial charge is 0.246 e. The van der Waals surface area contributed by atoms with Gasteiger partial charge in [0.2, 0.25) is 5.91 Å². The Labute approximate surface area is 171 Å². The van der Waals surface area contributed by atoms with Crippen molar-refractivity contribution < 1.29 is 4.79 Å².